The summed E-state index contributed by atoms with van der Waals surface area (Å²) >= 11 is 0. The fourth-order valence-electron chi connectivity index (χ4n) is 2.66. The number of esters is 1. The van der Waals surface area contributed by atoms with Gasteiger partial charge in [0.25, 0.3) is 21.0 Å². The number of nitrogens with one attached hydrogen (secondary N) is 1. The Morgan fingerprint density at radius 3 is 2.46 bits per heavy atom. The van der Waals surface area contributed by atoms with Gasteiger partial charge in [0.05, 0.1) is 17.4 Å². The van der Waals surface area contributed by atoms with Crippen molar-refractivity contribution in [2.24, 2.45) is 0 Å². The number of carbonyl (C=O) groups excluding carboxylic acids is 1. The van der Waals surface area contributed by atoms with Gasteiger partial charge in [-0.1, -0.05) is 12.1 Å². The van der Waals surface area contributed by atoms with E-state index in [1.54, 1.807) is 52.8 Å². The summed E-state index contributed by atoms with van der Waals surface area (Å²) in [6, 6.07) is 5.15. The van der Waals surface area contributed by atoms with Crippen molar-refractivity contribution >= 4 is 27.5 Å². The van der Waals surface area contributed by atoms with E-state index in [0.29, 0.717) is 16.8 Å². The molecule has 0 bridgehead atoms. The zero-order valence-electron chi connectivity index (χ0n) is 16.2. The Labute approximate surface area is 162 Å². The van der Waals surface area contributed by atoms with E-state index < -0.39 is 21.1 Å². The van der Waals surface area contributed by atoms with Crippen molar-refractivity contribution < 1.29 is 17.9 Å². The van der Waals surface area contributed by atoms with Crippen LogP contribution >= 0.6 is 0 Å². The fraction of sp³-hybridized carbons (Fsp3) is 0.333. The van der Waals surface area contributed by atoms with Gasteiger partial charge in [-0.25, -0.2) is 14.3 Å². The molecule has 28 heavy (non-hydrogen) atoms. The number of ether oxygens (including phenoxy) is 1. The van der Waals surface area contributed by atoms with Gasteiger partial charge in [0.15, 0.2) is 0 Å². The van der Waals surface area contributed by atoms with Gasteiger partial charge in [-0.2, -0.15) is 13.4 Å². The van der Waals surface area contributed by atoms with E-state index in [0.717, 1.165) is 0 Å². The number of rotatable bonds is 5. The third-order valence-corrected chi connectivity index (χ3v) is 5.18. The minimum atomic E-state index is -4.16. The van der Waals surface area contributed by atoms with Crippen LogP contribution < -0.4 is 4.72 Å². The molecule has 2 aromatic heterocycles. The minimum Gasteiger partial charge on any atom is -0.459 e. The Bertz CT molecular complexity index is 1170. The lowest BCUT2D eigenvalue weighted by molar-refractivity contribution is 0.0378. The van der Waals surface area contributed by atoms with E-state index in [1.807, 2.05) is 0 Å². The lowest BCUT2D eigenvalue weighted by Gasteiger charge is -2.17. The number of hydrogen-bond acceptors (Lipinski definition) is 7. The van der Waals surface area contributed by atoms with Crippen molar-refractivity contribution in [3.05, 3.63) is 46.8 Å². The van der Waals surface area contributed by atoms with Crippen molar-refractivity contribution in [3.63, 3.8) is 0 Å². The normalized spacial score (nSPS) is 11.8. The zero-order valence-corrected chi connectivity index (χ0v) is 17.0. The monoisotopic (exact) mass is 403 g/mol. The number of carbonyl (C=O) groups is 1. The highest BCUT2D eigenvalue weighted by atomic mass is 32.2. The van der Waals surface area contributed by atoms with Crippen molar-refractivity contribution in [1.82, 2.24) is 19.6 Å². The van der Waals surface area contributed by atoms with E-state index >= 15 is 0 Å². The molecule has 2 heterocycles. The predicted molar refractivity (Wildman–Crippen MR) is 103 cm³/mol. The number of aryl methyl sites for hydroxylation is 3. The van der Waals surface area contributed by atoms with Crippen molar-refractivity contribution in [1.29, 1.82) is 0 Å². The molecule has 0 unspecified atom stereocenters. The summed E-state index contributed by atoms with van der Waals surface area (Å²) < 4.78 is 34.9. The van der Waals surface area contributed by atoms with Crippen LogP contribution in [0, 0.1) is 20.8 Å². The van der Waals surface area contributed by atoms with Crippen LogP contribution in [-0.4, -0.2) is 40.1 Å². The molecule has 0 fully saturated rings. The molecule has 0 atom stereocenters. The second kappa shape index (κ2) is 7.19. The van der Waals surface area contributed by atoms with Gasteiger partial charge in [-0.05, 0) is 51.8 Å². The minimum absolute atomic E-state index is 0.147. The van der Waals surface area contributed by atoms with Crippen LogP contribution in [0.15, 0.2) is 29.6 Å². The number of anilines is 1. The van der Waals surface area contributed by atoms with Gasteiger partial charge in [0, 0.05) is 11.9 Å². The third-order valence-electron chi connectivity index (χ3n) is 4.06. The molecular formula is C18H21N5O4S. The van der Waals surface area contributed by atoms with E-state index in [4.69, 9.17) is 4.74 Å². The number of aromatic nitrogens is 4. The molecular weight excluding hydrogens is 382 g/mol. The van der Waals surface area contributed by atoms with Gasteiger partial charge >= 0.3 is 5.97 Å². The Hall–Kier alpha value is -3.01. The maximum atomic E-state index is 12.9. The number of hydrogen-bond donors (Lipinski definition) is 1. The van der Waals surface area contributed by atoms with Crippen LogP contribution in [0.2, 0.25) is 0 Å². The fourth-order valence-corrected chi connectivity index (χ4v) is 3.67. The Morgan fingerprint density at radius 2 is 1.82 bits per heavy atom. The summed E-state index contributed by atoms with van der Waals surface area (Å²) in [7, 11) is -4.16. The van der Waals surface area contributed by atoms with Crippen molar-refractivity contribution in [2.75, 3.05) is 4.72 Å². The second-order valence-electron chi connectivity index (χ2n) is 6.70. The Kier molecular flexibility index (Phi) is 5.07. The molecule has 0 aliphatic heterocycles. The smallest absolute Gasteiger partial charge is 0.340 e. The molecule has 3 aromatic rings. The van der Waals surface area contributed by atoms with Gasteiger partial charge in [0.2, 0.25) is 0 Å². The first-order valence-electron chi connectivity index (χ1n) is 8.62. The van der Waals surface area contributed by atoms with E-state index in [2.05, 4.69) is 19.8 Å². The van der Waals surface area contributed by atoms with Crippen LogP contribution in [0.3, 0.4) is 0 Å². The van der Waals surface area contributed by atoms with Crippen molar-refractivity contribution in [2.45, 2.75) is 45.9 Å². The van der Waals surface area contributed by atoms with Gasteiger partial charge in [0.1, 0.15) is 0 Å². The second-order valence-corrected chi connectivity index (χ2v) is 8.28. The molecule has 1 N–H and O–H groups in total. The Morgan fingerprint density at radius 1 is 1.14 bits per heavy atom. The third kappa shape index (κ3) is 3.68. The van der Waals surface area contributed by atoms with Gasteiger partial charge in [-0.15, -0.1) is 5.10 Å². The standard InChI is InChI=1S/C18H21N5O4S/c1-10(2)27-16(24)14-11(3)6-7-12(4)15(14)22-28(25,26)18-20-17-19-9-8-13(5)23(17)21-18/h6-10,22H,1-5H3. The molecule has 148 valence electrons. The van der Waals surface area contributed by atoms with Crippen LogP contribution in [0.4, 0.5) is 5.69 Å². The number of benzene rings is 1. The summed E-state index contributed by atoms with van der Waals surface area (Å²) in [5.74, 6) is -0.435. The summed E-state index contributed by atoms with van der Waals surface area (Å²) in [5, 5.41) is 3.60. The topological polar surface area (TPSA) is 116 Å². The molecule has 0 amide bonds. The summed E-state index contributed by atoms with van der Waals surface area (Å²) in [5.41, 5.74) is 2.16. The highest BCUT2D eigenvalue weighted by Crippen LogP contribution is 2.27. The predicted octanol–water partition coefficient (Wildman–Crippen LogP) is 2.42. The first kappa shape index (κ1) is 19.7. The Balaban J connectivity index is 2.08. The molecule has 0 aliphatic carbocycles. The average Bonchev–Trinajstić information content (AvgIpc) is 3.04. The molecule has 0 saturated heterocycles. The van der Waals surface area contributed by atoms with Gasteiger partial charge in [-0.3, -0.25) is 4.72 Å². The molecule has 1 aromatic carbocycles. The molecule has 3 rings (SSSR count). The van der Waals surface area contributed by atoms with Crippen LogP contribution in [0.25, 0.3) is 5.78 Å². The summed E-state index contributed by atoms with van der Waals surface area (Å²) in [6.07, 6.45) is 1.18. The molecule has 0 radical (unpaired) electrons. The van der Waals surface area contributed by atoms with E-state index in [9.17, 15) is 13.2 Å². The van der Waals surface area contributed by atoms with Gasteiger partial charge < -0.3 is 4.74 Å². The van der Waals surface area contributed by atoms with Crippen LogP contribution in [0.1, 0.15) is 41.0 Å². The quantitative estimate of drug-likeness (QED) is 0.650. The molecule has 0 aliphatic rings. The maximum absolute atomic E-state index is 12.9. The molecule has 10 heteroatoms. The summed E-state index contributed by atoms with van der Waals surface area (Å²) in [4.78, 5) is 20.6. The lowest BCUT2D eigenvalue weighted by atomic mass is 10.0. The highest BCUT2D eigenvalue weighted by Gasteiger charge is 2.27. The molecule has 0 spiro atoms. The SMILES string of the molecule is Cc1ccc(C)c(C(=O)OC(C)C)c1NS(=O)(=O)c1nc2nccc(C)n2n1. The first-order chi connectivity index (χ1) is 13.1. The average molecular weight is 403 g/mol. The molecule has 9 nitrogen and oxygen atoms in total. The van der Waals surface area contributed by atoms with Crippen LogP contribution in [0.5, 0.6) is 0 Å². The van der Waals surface area contributed by atoms with E-state index in [-0.39, 0.29) is 23.1 Å². The highest BCUT2D eigenvalue weighted by molar-refractivity contribution is 7.92. The number of sulfonamides is 1. The first-order valence-corrected chi connectivity index (χ1v) is 10.1. The largest absolute Gasteiger partial charge is 0.459 e. The number of nitrogens with zero attached hydrogens (tertiary/aromatic N) is 4. The molecule has 0 saturated carbocycles. The zero-order chi connectivity index (χ0) is 20.6. The van der Waals surface area contributed by atoms with Crippen molar-refractivity contribution in [3.8, 4) is 0 Å². The van der Waals surface area contributed by atoms with E-state index in [1.165, 1.54) is 10.7 Å². The lowest BCUT2D eigenvalue weighted by Crippen LogP contribution is -2.20. The number of fused-ring (bicyclic) bond motifs is 1. The maximum Gasteiger partial charge on any atom is 0.340 e. The summed E-state index contributed by atoms with van der Waals surface area (Å²) in [6.45, 7) is 8.63. The van der Waals surface area contributed by atoms with Crippen LogP contribution in [-0.2, 0) is 14.8 Å².